The quantitative estimate of drug-likeness (QED) is 0.785. The van der Waals surface area contributed by atoms with Crippen molar-refractivity contribution in [3.05, 3.63) is 20.3 Å². The van der Waals surface area contributed by atoms with Crippen LogP contribution >= 0.6 is 27.3 Å². The summed E-state index contributed by atoms with van der Waals surface area (Å²) < 4.78 is 41.4. The predicted octanol–water partition coefficient (Wildman–Crippen LogP) is 4.05. The maximum absolute atomic E-state index is 11.9. The molecule has 0 bridgehead atoms. The molecule has 1 heterocycles. The first-order chi connectivity index (χ1) is 8.33. The average molecular weight is 346 g/mol. The van der Waals surface area contributed by atoms with Gasteiger partial charge in [0, 0.05) is 17.5 Å². The molecule has 0 saturated heterocycles. The number of ether oxygens (including phenoxy) is 1. The molecule has 0 aliphatic carbocycles. The first kappa shape index (κ1) is 15.9. The van der Waals surface area contributed by atoms with E-state index in [2.05, 4.69) is 26.0 Å². The van der Waals surface area contributed by atoms with E-state index >= 15 is 0 Å². The molecule has 7 heteroatoms. The van der Waals surface area contributed by atoms with Gasteiger partial charge in [-0.1, -0.05) is 0 Å². The smallest absolute Gasteiger partial charge is 0.372 e. The van der Waals surface area contributed by atoms with Crippen molar-refractivity contribution in [2.24, 2.45) is 0 Å². The van der Waals surface area contributed by atoms with Crippen molar-refractivity contribution in [1.29, 1.82) is 0 Å². The molecular formula is C11H15BrF3NOS. The molecule has 1 unspecified atom stereocenters. The third-order valence-corrected chi connectivity index (χ3v) is 4.04. The number of nitrogens with one attached hydrogen (secondary N) is 1. The molecule has 0 spiro atoms. The van der Waals surface area contributed by atoms with Gasteiger partial charge in [-0.15, -0.1) is 11.3 Å². The molecule has 1 aromatic rings. The van der Waals surface area contributed by atoms with Gasteiger partial charge in [-0.25, -0.2) is 0 Å². The average Bonchev–Trinajstić information content (AvgIpc) is 2.56. The summed E-state index contributed by atoms with van der Waals surface area (Å²) in [5.41, 5.74) is 1.10. The molecular weight excluding hydrogens is 331 g/mol. The van der Waals surface area contributed by atoms with E-state index in [4.69, 9.17) is 0 Å². The molecule has 2 nitrogen and oxygen atoms in total. The molecule has 1 rings (SSSR count). The van der Waals surface area contributed by atoms with Crippen molar-refractivity contribution in [3.8, 4) is 0 Å². The van der Waals surface area contributed by atoms with Crippen LogP contribution in [0.2, 0.25) is 0 Å². The van der Waals surface area contributed by atoms with Crippen molar-refractivity contribution < 1.29 is 17.9 Å². The largest absolute Gasteiger partial charge is 0.411 e. The lowest BCUT2D eigenvalue weighted by atomic mass is 10.1. The Morgan fingerprint density at radius 1 is 1.50 bits per heavy atom. The van der Waals surface area contributed by atoms with Gasteiger partial charge in [-0.2, -0.15) is 13.2 Å². The zero-order valence-corrected chi connectivity index (χ0v) is 12.5. The Balaban J connectivity index is 2.46. The predicted molar refractivity (Wildman–Crippen MR) is 70.0 cm³/mol. The number of thiophene rings is 1. The van der Waals surface area contributed by atoms with Gasteiger partial charge in [0.2, 0.25) is 0 Å². The van der Waals surface area contributed by atoms with Gasteiger partial charge >= 0.3 is 6.18 Å². The third kappa shape index (κ3) is 5.26. The summed E-state index contributed by atoms with van der Waals surface area (Å²) in [7, 11) is 1.79. The molecule has 1 aromatic heterocycles. The van der Waals surface area contributed by atoms with Crippen LogP contribution in [0.25, 0.3) is 0 Å². The fourth-order valence-electron chi connectivity index (χ4n) is 1.65. The molecule has 0 saturated carbocycles. The molecule has 1 N–H and O–H groups in total. The monoisotopic (exact) mass is 345 g/mol. The Morgan fingerprint density at radius 3 is 2.61 bits per heavy atom. The summed E-state index contributed by atoms with van der Waals surface area (Å²) in [4.78, 5) is 1.15. The minimum absolute atomic E-state index is 0.0146. The number of halogens is 4. The van der Waals surface area contributed by atoms with Crippen LogP contribution in [0.1, 0.15) is 22.9 Å². The van der Waals surface area contributed by atoms with Gasteiger partial charge in [-0.05, 0) is 48.0 Å². The Bertz CT molecular complexity index is 381. The van der Waals surface area contributed by atoms with Crippen molar-refractivity contribution in [3.63, 3.8) is 0 Å². The van der Waals surface area contributed by atoms with Crippen molar-refractivity contribution >= 4 is 27.3 Å². The first-order valence-electron chi connectivity index (χ1n) is 5.41. The molecule has 0 aliphatic rings. The number of rotatable bonds is 6. The lowest BCUT2D eigenvalue weighted by molar-refractivity contribution is -0.174. The maximum Gasteiger partial charge on any atom is 0.411 e. The van der Waals surface area contributed by atoms with Crippen LogP contribution < -0.4 is 5.32 Å². The van der Waals surface area contributed by atoms with Gasteiger partial charge in [-0.3, -0.25) is 0 Å². The zero-order chi connectivity index (χ0) is 13.8. The number of aryl methyl sites for hydroxylation is 1. The second-order valence-corrected chi connectivity index (χ2v) is 6.50. The van der Waals surface area contributed by atoms with E-state index in [1.165, 1.54) is 0 Å². The molecule has 104 valence electrons. The SMILES string of the molecule is CNC(CCOCC(F)(F)F)c1cc(Br)sc1C. The van der Waals surface area contributed by atoms with Gasteiger partial charge < -0.3 is 10.1 Å². The lowest BCUT2D eigenvalue weighted by Gasteiger charge is -2.16. The number of hydrogen-bond acceptors (Lipinski definition) is 3. The fraction of sp³-hybridized carbons (Fsp3) is 0.636. The van der Waals surface area contributed by atoms with E-state index in [0.29, 0.717) is 6.42 Å². The topological polar surface area (TPSA) is 21.3 Å². The van der Waals surface area contributed by atoms with Crippen LogP contribution in [0.15, 0.2) is 9.85 Å². The summed E-state index contributed by atoms with van der Waals surface area (Å²) in [5.74, 6) is 0. The van der Waals surface area contributed by atoms with Gasteiger partial charge in [0.25, 0.3) is 0 Å². The maximum atomic E-state index is 11.9. The highest BCUT2D eigenvalue weighted by atomic mass is 79.9. The molecule has 0 radical (unpaired) electrons. The summed E-state index contributed by atoms with van der Waals surface area (Å²) in [6.07, 6.45) is -3.74. The van der Waals surface area contributed by atoms with E-state index in [1.807, 2.05) is 13.0 Å². The van der Waals surface area contributed by atoms with Crippen molar-refractivity contribution in [1.82, 2.24) is 5.32 Å². The van der Waals surface area contributed by atoms with Gasteiger partial charge in [0.15, 0.2) is 0 Å². The Morgan fingerprint density at radius 2 is 2.17 bits per heavy atom. The number of hydrogen-bond donors (Lipinski definition) is 1. The van der Waals surface area contributed by atoms with E-state index < -0.39 is 12.8 Å². The van der Waals surface area contributed by atoms with E-state index in [0.717, 1.165) is 14.2 Å². The van der Waals surface area contributed by atoms with Crippen LogP contribution in [0, 0.1) is 6.92 Å². The molecule has 0 aliphatic heterocycles. The van der Waals surface area contributed by atoms with Gasteiger partial charge in [0.1, 0.15) is 6.61 Å². The molecule has 0 aromatic carbocycles. The van der Waals surface area contributed by atoms with Crippen LogP contribution in [0.4, 0.5) is 13.2 Å². The Kier molecular flexibility index (Phi) is 6.10. The zero-order valence-electron chi connectivity index (χ0n) is 10.1. The lowest BCUT2D eigenvalue weighted by Crippen LogP contribution is -2.21. The minimum atomic E-state index is -4.25. The van der Waals surface area contributed by atoms with Crippen LogP contribution in [0.5, 0.6) is 0 Å². The standard InChI is InChI=1S/C11H15BrF3NOS/c1-7-8(5-10(12)18-7)9(16-2)3-4-17-6-11(13,14)15/h5,9,16H,3-4,6H2,1-2H3. The molecule has 1 atom stereocenters. The van der Waals surface area contributed by atoms with Crippen molar-refractivity contribution in [2.75, 3.05) is 20.3 Å². The first-order valence-corrected chi connectivity index (χ1v) is 7.02. The van der Waals surface area contributed by atoms with E-state index in [-0.39, 0.29) is 12.6 Å². The van der Waals surface area contributed by atoms with Crippen molar-refractivity contribution in [2.45, 2.75) is 25.6 Å². The third-order valence-electron chi connectivity index (χ3n) is 2.47. The summed E-state index contributed by atoms with van der Waals surface area (Å²) in [6.45, 7) is 0.888. The second-order valence-electron chi connectivity index (χ2n) is 3.86. The normalized spacial score (nSPS) is 13.9. The van der Waals surface area contributed by atoms with Crippen LogP contribution in [-0.4, -0.2) is 26.4 Å². The Hall–Kier alpha value is -0.110. The summed E-state index contributed by atoms with van der Waals surface area (Å²) in [6, 6.07) is 2.01. The fourth-order valence-corrected chi connectivity index (χ4v) is 3.42. The van der Waals surface area contributed by atoms with E-state index in [1.54, 1.807) is 18.4 Å². The summed E-state index contributed by atoms with van der Waals surface area (Å²) >= 11 is 5.01. The highest BCUT2D eigenvalue weighted by Crippen LogP contribution is 2.31. The van der Waals surface area contributed by atoms with E-state index in [9.17, 15) is 13.2 Å². The molecule has 0 amide bonds. The van der Waals surface area contributed by atoms with Crippen LogP contribution in [0.3, 0.4) is 0 Å². The summed E-state index contributed by atoms with van der Waals surface area (Å²) in [5, 5.41) is 3.09. The molecule has 0 fully saturated rings. The molecule has 18 heavy (non-hydrogen) atoms. The highest BCUT2D eigenvalue weighted by molar-refractivity contribution is 9.11. The van der Waals surface area contributed by atoms with Gasteiger partial charge in [0.05, 0.1) is 3.79 Å². The van der Waals surface area contributed by atoms with Crippen LogP contribution in [-0.2, 0) is 4.74 Å². The second kappa shape index (κ2) is 6.88. The minimum Gasteiger partial charge on any atom is -0.372 e. The Labute approximate surface area is 117 Å². The number of alkyl halides is 3. The highest BCUT2D eigenvalue weighted by Gasteiger charge is 2.27.